The molecule has 0 aliphatic carbocycles. The van der Waals surface area contributed by atoms with Gasteiger partial charge < -0.3 is 0 Å². The Kier molecular flexibility index (Phi) is 6.04. The summed E-state index contributed by atoms with van der Waals surface area (Å²) < 4.78 is 38.4. The van der Waals surface area contributed by atoms with Crippen LogP contribution in [0.1, 0.15) is 41.2 Å². The fourth-order valence-corrected chi connectivity index (χ4v) is 3.00. The third-order valence-corrected chi connectivity index (χ3v) is 4.58. The van der Waals surface area contributed by atoms with Gasteiger partial charge in [-0.1, -0.05) is 13.8 Å². The van der Waals surface area contributed by atoms with E-state index in [0.29, 0.717) is 29.6 Å². The molecule has 0 unspecified atom stereocenters. The molecule has 3 rings (SSSR count). The minimum atomic E-state index is -4.73. The number of hydrazine groups is 1. The predicted octanol–water partition coefficient (Wildman–Crippen LogP) is 4.44. The number of hydrogen-bond donors (Lipinski definition) is 2. The molecule has 1 heterocycles. The number of carbonyl (C=O) groups excluding carboxylic acids is 1. The molecular weight excluding hydrogens is 415 g/mol. The minimum Gasteiger partial charge on any atom is -0.292 e. The number of nitro benzene ring substituents is 1. The number of aryl methyl sites for hydroxylation is 2. The Hall–Kier alpha value is -3.76. The number of nitro groups is 1. The van der Waals surface area contributed by atoms with Gasteiger partial charge in [-0.05, 0) is 43.2 Å². The third kappa shape index (κ3) is 4.71. The monoisotopic (exact) mass is 433 g/mol. The number of nitrogens with zero attached hydrogens (tertiary/aromatic N) is 3. The van der Waals surface area contributed by atoms with Crippen molar-refractivity contribution in [1.82, 2.24) is 15.4 Å². The first-order chi connectivity index (χ1) is 14.6. The van der Waals surface area contributed by atoms with Crippen LogP contribution in [0.15, 0.2) is 36.4 Å². The Morgan fingerprint density at radius 2 is 1.68 bits per heavy atom. The van der Waals surface area contributed by atoms with Gasteiger partial charge in [0.2, 0.25) is 0 Å². The van der Waals surface area contributed by atoms with Crippen LogP contribution in [0.2, 0.25) is 0 Å². The Balaban J connectivity index is 1.83. The Morgan fingerprint density at radius 1 is 1.03 bits per heavy atom. The number of halogens is 3. The van der Waals surface area contributed by atoms with Gasteiger partial charge in [0.05, 0.1) is 32.9 Å². The number of nitrogens with one attached hydrogen (secondary N) is 2. The molecule has 0 radical (unpaired) electrons. The Bertz CT molecular complexity index is 1160. The van der Waals surface area contributed by atoms with Crippen molar-refractivity contribution in [2.24, 2.45) is 0 Å². The lowest BCUT2D eigenvalue weighted by Crippen LogP contribution is -2.29. The molecule has 0 bridgehead atoms. The van der Waals surface area contributed by atoms with E-state index in [4.69, 9.17) is 0 Å². The van der Waals surface area contributed by atoms with E-state index in [1.165, 1.54) is 12.1 Å². The van der Waals surface area contributed by atoms with E-state index in [-0.39, 0.29) is 11.3 Å². The maximum atomic E-state index is 12.8. The van der Waals surface area contributed by atoms with Crippen LogP contribution in [0, 0.1) is 10.1 Å². The fourth-order valence-electron chi connectivity index (χ4n) is 3.00. The second kappa shape index (κ2) is 8.54. The maximum absolute atomic E-state index is 12.8. The molecular formula is C20H18F3N5O3. The minimum absolute atomic E-state index is 0.204. The summed E-state index contributed by atoms with van der Waals surface area (Å²) in [6, 6.07) is 6.64. The smallest absolute Gasteiger partial charge is 0.292 e. The van der Waals surface area contributed by atoms with Gasteiger partial charge in [-0.2, -0.15) is 13.2 Å². The molecule has 11 heteroatoms. The number of carbonyl (C=O) groups is 1. The average molecular weight is 433 g/mol. The maximum Gasteiger partial charge on any atom is 0.416 e. The van der Waals surface area contributed by atoms with Gasteiger partial charge >= 0.3 is 6.18 Å². The Morgan fingerprint density at radius 3 is 2.26 bits per heavy atom. The molecule has 162 valence electrons. The first kappa shape index (κ1) is 21.9. The third-order valence-electron chi connectivity index (χ3n) is 4.58. The van der Waals surface area contributed by atoms with E-state index < -0.39 is 28.3 Å². The van der Waals surface area contributed by atoms with Crippen molar-refractivity contribution in [2.75, 3.05) is 5.43 Å². The van der Waals surface area contributed by atoms with E-state index in [0.717, 1.165) is 23.9 Å². The lowest BCUT2D eigenvalue weighted by Gasteiger charge is -2.12. The van der Waals surface area contributed by atoms with Gasteiger partial charge in [0.15, 0.2) is 0 Å². The lowest BCUT2D eigenvalue weighted by atomic mass is 10.1. The number of anilines is 1. The highest BCUT2D eigenvalue weighted by Crippen LogP contribution is 2.34. The summed E-state index contributed by atoms with van der Waals surface area (Å²) in [5, 5.41) is 11.1. The first-order valence-corrected chi connectivity index (χ1v) is 9.35. The molecule has 2 N–H and O–H groups in total. The highest BCUT2D eigenvalue weighted by molar-refractivity contribution is 5.98. The number of aromatic nitrogens is 2. The summed E-state index contributed by atoms with van der Waals surface area (Å²) in [5.74, 6) is -0.643. The lowest BCUT2D eigenvalue weighted by molar-refractivity contribution is -0.384. The number of alkyl halides is 3. The fraction of sp³-hybridized carbons (Fsp3) is 0.250. The summed E-state index contributed by atoms with van der Waals surface area (Å²) in [6.45, 7) is 3.93. The second-order valence-electron chi connectivity index (χ2n) is 6.59. The van der Waals surface area contributed by atoms with Gasteiger partial charge in [-0.25, -0.2) is 9.97 Å². The number of benzene rings is 2. The van der Waals surface area contributed by atoms with Gasteiger partial charge in [0, 0.05) is 11.6 Å². The molecule has 31 heavy (non-hydrogen) atoms. The summed E-state index contributed by atoms with van der Waals surface area (Å²) in [6.07, 6.45) is -3.32. The summed E-state index contributed by atoms with van der Waals surface area (Å²) in [7, 11) is 0. The van der Waals surface area contributed by atoms with Crippen LogP contribution in [0.25, 0.3) is 11.0 Å². The first-order valence-electron chi connectivity index (χ1n) is 9.35. The highest BCUT2D eigenvalue weighted by atomic mass is 19.4. The van der Waals surface area contributed by atoms with Crippen LogP contribution in [0.3, 0.4) is 0 Å². The second-order valence-corrected chi connectivity index (χ2v) is 6.59. The summed E-state index contributed by atoms with van der Waals surface area (Å²) in [5.41, 5.74) is 5.35. The van der Waals surface area contributed by atoms with E-state index in [2.05, 4.69) is 20.8 Å². The van der Waals surface area contributed by atoms with E-state index >= 15 is 0 Å². The Labute approximate surface area is 174 Å². The van der Waals surface area contributed by atoms with Crippen molar-refractivity contribution in [1.29, 1.82) is 0 Å². The van der Waals surface area contributed by atoms with Crippen LogP contribution in [0.4, 0.5) is 24.5 Å². The van der Waals surface area contributed by atoms with Crippen LogP contribution in [-0.2, 0) is 19.0 Å². The summed E-state index contributed by atoms with van der Waals surface area (Å²) in [4.78, 5) is 31.7. The normalized spacial score (nSPS) is 11.4. The molecule has 0 saturated carbocycles. The van der Waals surface area contributed by atoms with E-state index in [1.54, 1.807) is 6.07 Å². The molecule has 3 aromatic rings. The topological polar surface area (TPSA) is 110 Å². The number of amides is 1. The molecule has 0 fully saturated rings. The van der Waals surface area contributed by atoms with Crippen molar-refractivity contribution in [3.63, 3.8) is 0 Å². The van der Waals surface area contributed by atoms with Gasteiger partial charge in [0.1, 0.15) is 5.69 Å². The van der Waals surface area contributed by atoms with Gasteiger partial charge in [-0.3, -0.25) is 25.8 Å². The quantitative estimate of drug-likeness (QED) is 0.439. The largest absolute Gasteiger partial charge is 0.416 e. The van der Waals surface area contributed by atoms with Crippen LogP contribution in [0.5, 0.6) is 0 Å². The van der Waals surface area contributed by atoms with E-state index in [1.807, 2.05) is 13.8 Å². The van der Waals surface area contributed by atoms with Crippen LogP contribution >= 0.6 is 0 Å². The number of fused-ring (bicyclic) bond motifs is 1. The molecule has 1 aromatic heterocycles. The molecule has 8 nitrogen and oxygen atoms in total. The zero-order chi connectivity index (χ0) is 22.8. The summed E-state index contributed by atoms with van der Waals surface area (Å²) >= 11 is 0. The standard InChI is InChI=1S/C20H18F3N5O3/c1-3-13-14(4-2)25-17-9-11(5-7-15(17)24-13)19(29)27-26-16-8-6-12(20(21,22)23)10-18(16)28(30)31/h5-10,26H,3-4H2,1-2H3,(H,27,29). The molecule has 0 spiro atoms. The SMILES string of the molecule is CCc1nc2ccc(C(=O)NNc3ccc(C(F)(F)F)cc3[N+](=O)[O-])cc2nc1CC. The highest BCUT2D eigenvalue weighted by Gasteiger charge is 2.33. The molecule has 2 aromatic carbocycles. The molecule has 1 amide bonds. The zero-order valence-corrected chi connectivity index (χ0v) is 16.6. The molecule has 0 saturated heterocycles. The molecule has 0 aliphatic heterocycles. The van der Waals surface area contributed by atoms with E-state index in [9.17, 15) is 28.1 Å². The van der Waals surface area contributed by atoms with Crippen LogP contribution in [-0.4, -0.2) is 20.8 Å². The van der Waals surface area contributed by atoms with Crippen molar-refractivity contribution in [2.45, 2.75) is 32.9 Å². The predicted molar refractivity (Wildman–Crippen MR) is 107 cm³/mol. The average Bonchev–Trinajstić information content (AvgIpc) is 2.75. The van der Waals surface area contributed by atoms with Crippen molar-refractivity contribution in [3.05, 3.63) is 69.0 Å². The number of rotatable bonds is 6. The van der Waals surface area contributed by atoms with Gasteiger partial charge in [-0.15, -0.1) is 0 Å². The molecule has 0 aliphatic rings. The van der Waals surface area contributed by atoms with Crippen molar-refractivity contribution >= 4 is 28.3 Å². The van der Waals surface area contributed by atoms with Crippen LogP contribution < -0.4 is 10.9 Å². The van der Waals surface area contributed by atoms with Crippen molar-refractivity contribution < 1.29 is 22.9 Å². The zero-order valence-electron chi connectivity index (χ0n) is 16.6. The molecule has 0 atom stereocenters. The van der Waals surface area contributed by atoms with Gasteiger partial charge in [0.25, 0.3) is 11.6 Å². The number of hydrogen-bond acceptors (Lipinski definition) is 6. The van der Waals surface area contributed by atoms with Crippen molar-refractivity contribution in [3.8, 4) is 0 Å².